The molecule has 0 spiro atoms. The molecule has 0 aromatic heterocycles. The van der Waals surface area contributed by atoms with Gasteiger partial charge in [-0.2, -0.15) is 16.1 Å². The van der Waals surface area contributed by atoms with Gasteiger partial charge in [0.15, 0.2) is 0 Å². The summed E-state index contributed by atoms with van der Waals surface area (Å²) in [5, 5.41) is 8.68. The van der Waals surface area contributed by atoms with E-state index in [0.717, 1.165) is 11.5 Å². The second kappa shape index (κ2) is 6.80. The van der Waals surface area contributed by atoms with Crippen LogP contribution in [0, 0.1) is 0 Å². The summed E-state index contributed by atoms with van der Waals surface area (Å²) in [6.07, 6.45) is 0. The maximum Gasteiger partial charge on any atom is 0.243 e. The number of nitrogens with zero attached hydrogens (tertiary/aromatic N) is 1. The first-order chi connectivity index (χ1) is 9.55. The molecule has 1 aromatic carbocycles. The van der Waals surface area contributed by atoms with Gasteiger partial charge in [0, 0.05) is 24.1 Å². The first-order valence-electron chi connectivity index (χ1n) is 6.49. The number of aliphatic hydroxyl groups is 1. The Hall–Kier alpha value is -0.760. The van der Waals surface area contributed by atoms with Gasteiger partial charge in [0.2, 0.25) is 10.0 Å². The number of rotatable bonds is 5. The van der Waals surface area contributed by atoms with Crippen molar-refractivity contribution in [3.63, 3.8) is 0 Å². The molecule has 1 saturated heterocycles. The average molecular weight is 317 g/mol. The first kappa shape index (κ1) is 15.6. The van der Waals surface area contributed by atoms with Crippen LogP contribution in [-0.2, 0) is 10.0 Å². The zero-order valence-corrected chi connectivity index (χ0v) is 13.0. The normalized spacial score (nSPS) is 20.8. The monoisotopic (exact) mass is 317 g/mol. The first-order valence-corrected chi connectivity index (χ1v) is 9.08. The van der Waals surface area contributed by atoms with Crippen LogP contribution in [0.25, 0.3) is 0 Å². The van der Waals surface area contributed by atoms with E-state index in [0.29, 0.717) is 12.3 Å². The molecule has 1 unspecified atom stereocenters. The summed E-state index contributed by atoms with van der Waals surface area (Å²) >= 11 is 1.78. The van der Waals surface area contributed by atoms with Gasteiger partial charge in [-0.05, 0) is 31.2 Å². The third-order valence-electron chi connectivity index (χ3n) is 3.10. The topological polar surface area (TPSA) is 66.8 Å². The van der Waals surface area contributed by atoms with E-state index in [2.05, 4.69) is 0 Å². The summed E-state index contributed by atoms with van der Waals surface area (Å²) in [4.78, 5) is 0.285. The Kier molecular flexibility index (Phi) is 5.31. The summed E-state index contributed by atoms with van der Waals surface area (Å²) in [6.45, 7) is 2.62. The molecule has 0 saturated carbocycles. The molecule has 1 aliphatic heterocycles. The van der Waals surface area contributed by atoms with Gasteiger partial charge in [-0.25, -0.2) is 8.42 Å². The molecular weight excluding hydrogens is 298 g/mol. The van der Waals surface area contributed by atoms with E-state index in [1.807, 2.05) is 6.92 Å². The maximum absolute atomic E-state index is 12.6. The highest BCUT2D eigenvalue weighted by molar-refractivity contribution is 7.99. The van der Waals surface area contributed by atoms with Crippen molar-refractivity contribution in [3.8, 4) is 5.75 Å². The van der Waals surface area contributed by atoms with E-state index in [-0.39, 0.29) is 24.2 Å². The molecule has 7 heteroatoms. The van der Waals surface area contributed by atoms with Gasteiger partial charge in [0.1, 0.15) is 12.4 Å². The Morgan fingerprint density at radius 1 is 1.40 bits per heavy atom. The van der Waals surface area contributed by atoms with E-state index in [1.165, 1.54) is 0 Å². The summed E-state index contributed by atoms with van der Waals surface area (Å²) in [7, 11) is -3.43. The Morgan fingerprint density at radius 2 is 2.10 bits per heavy atom. The van der Waals surface area contributed by atoms with Crippen molar-refractivity contribution in [2.45, 2.75) is 17.9 Å². The number of hydrogen-bond donors (Lipinski definition) is 1. The lowest BCUT2D eigenvalue weighted by molar-refractivity contribution is 0.201. The highest BCUT2D eigenvalue weighted by Crippen LogP contribution is 2.25. The van der Waals surface area contributed by atoms with Gasteiger partial charge < -0.3 is 9.84 Å². The molecule has 0 bridgehead atoms. The summed E-state index contributed by atoms with van der Waals surface area (Å²) in [5.74, 6) is 2.22. The van der Waals surface area contributed by atoms with E-state index in [4.69, 9.17) is 9.84 Å². The number of benzene rings is 1. The molecule has 1 fully saturated rings. The molecular formula is C13H19NO4S2. The molecule has 1 aliphatic rings. The molecule has 1 N–H and O–H groups in total. The van der Waals surface area contributed by atoms with Crippen LogP contribution >= 0.6 is 11.8 Å². The Morgan fingerprint density at radius 3 is 2.70 bits per heavy atom. The predicted octanol–water partition coefficient (Wildman–Crippen LogP) is 1.18. The van der Waals surface area contributed by atoms with Crippen LogP contribution in [0.4, 0.5) is 0 Å². The van der Waals surface area contributed by atoms with E-state index >= 15 is 0 Å². The minimum absolute atomic E-state index is 0.0177. The lowest BCUT2D eigenvalue weighted by Gasteiger charge is -2.31. The minimum Gasteiger partial charge on any atom is -0.491 e. The quantitative estimate of drug-likeness (QED) is 0.883. The predicted molar refractivity (Wildman–Crippen MR) is 79.7 cm³/mol. The van der Waals surface area contributed by atoms with Gasteiger partial charge in [0.05, 0.1) is 11.5 Å². The van der Waals surface area contributed by atoms with Crippen molar-refractivity contribution in [1.29, 1.82) is 0 Å². The Bertz CT molecular complexity index is 530. The second-order valence-corrected chi connectivity index (χ2v) is 7.62. The summed E-state index contributed by atoms with van der Waals surface area (Å²) in [6, 6.07) is 6.36. The second-order valence-electron chi connectivity index (χ2n) is 4.58. The zero-order valence-electron chi connectivity index (χ0n) is 11.4. The molecule has 0 amide bonds. The third-order valence-corrected chi connectivity index (χ3v) is 6.31. The van der Waals surface area contributed by atoms with E-state index in [9.17, 15) is 8.42 Å². The van der Waals surface area contributed by atoms with Crippen molar-refractivity contribution in [2.75, 3.05) is 31.3 Å². The van der Waals surface area contributed by atoms with Gasteiger partial charge in [0.25, 0.3) is 0 Å². The van der Waals surface area contributed by atoms with Crippen LogP contribution in [0.3, 0.4) is 0 Å². The van der Waals surface area contributed by atoms with Gasteiger partial charge in [-0.1, -0.05) is 0 Å². The Labute approximate surface area is 124 Å². The smallest absolute Gasteiger partial charge is 0.243 e. The zero-order chi connectivity index (χ0) is 14.6. The fourth-order valence-corrected chi connectivity index (χ4v) is 4.93. The standard InChI is InChI=1S/C13H19NO4S2/c1-11-10-19-9-6-14(11)20(16,17)13-4-2-12(3-5-13)18-8-7-15/h2-5,11,15H,6-10H2,1H3. The van der Waals surface area contributed by atoms with Crippen molar-refractivity contribution >= 4 is 21.8 Å². The van der Waals surface area contributed by atoms with E-state index in [1.54, 1.807) is 40.3 Å². The lowest BCUT2D eigenvalue weighted by atomic mass is 10.3. The van der Waals surface area contributed by atoms with Gasteiger partial charge >= 0.3 is 0 Å². The van der Waals surface area contributed by atoms with Crippen LogP contribution in [0.15, 0.2) is 29.2 Å². The fraction of sp³-hybridized carbons (Fsp3) is 0.538. The lowest BCUT2D eigenvalue weighted by Crippen LogP contribution is -2.44. The molecule has 1 atom stereocenters. The van der Waals surface area contributed by atoms with Gasteiger partial charge in [-0.15, -0.1) is 0 Å². The molecule has 1 aromatic rings. The number of aliphatic hydroxyl groups excluding tert-OH is 1. The highest BCUT2D eigenvalue weighted by Gasteiger charge is 2.31. The third kappa shape index (κ3) is 3.46. The molecule has 1 heterocycles. The summed E-state index contributed by atoms with van der Waals surface area (Å²) < 4.78 is 31.9. The highest BCUT2D eigenvalue weighted by atomic mass is 32.2. The largest absolute Gasteiger partial charge is 0.491 e. The molecule has 0 aliphatic carbocycles. The molecule has 5 nitrogen and oxygen atoms in total. The minimum atomic E-state index is -3.43. The molecule has 0 radical (unpaired) electrons. The van der Waals surface area contributed by atoms with E-state index < -0.39 is 10.0 Å². The van der Waals surface area contributed by atoms with Crippen LogP contribution in [0.5, 0.6) is 5.75 Å². The number of sulfonamides is 1. The van der Waals surface area contributed by atoms with Crippen LogP contribution in [0.1, 0.15) is 6.92 Å². The van der Waals surface area contributed by atoms with Crippen LogP contribution in [-0.4, -0.2) is 55.1 Å². The Balaban J connectivity index is 2.16. The molecule has 112 valence electrons. The van der Waals surface area contributed by atoms with Gasteiger partial charge in [-0.3, -0.25) is 0 Å². The van der Waals surface area contributed by atoms with Crippen LogP contribution in [0.2, 0.25) is 0 Å². The fourth-order valence-electron chi connectivity index (χ4n) is 2.08. The summed E-state index contributed by atoms with van der Waals surface area (Å²) in [5.41, 5.74) is 0. The number of hydrogen-bond acceptors (Lipinski definition) is 5. The maximum atomic E-state index is 12.6. The van der Waals surface area contributed by atoms with Crippen molar-refractivity contribution in [3.05, 3.63) is 24.3 Å². The number of thioether (sulfide) groups is 1. The number of ether oxygens (including phenoxy) is 1. The molecule has 20 heavy (non-hydrogen) atoms. The average Bonchev–Trinajstić information content (AvgIpc) is 2.46. The van der Waals surface area contributed by atoms with Crippen molar-refractivity contribution in [1.82, 2.24) is 4.31 Å². The van der Waals surface area contributed by atoms with Crippen molar-refractivity contribution in [2.24, 2.45) is 0 Å². The van der Waals surface area contributed by atoms with Crippen LogP contribution < -0.4 is 4.74 Å². The SMILES string of the molecule is CC1CSCCN1S(=O)(=O)c1ccc(OCCO)cc1. The van der Waals surface area contributed by atoms with Crippen molar-refractivity contribution < 1.29 is 18.3 Å². The molecule has 2 rings (SSSR count).